The van der Waals surface area contributed by atoms with E-state index >= 15 is 0 Å². The fraction of sp³-hybridized carbons (Fsp3) is 0.533. The van der Waals surface area contributed by atoms with Gasteiger partial charge in [0.1, 0.15) is 0 Å². The maximum atomic E-state index is 13.5. The lowest BCUT2D eigenvalue weighted by Crippen LogP contribution is -2.34. The summed E-state index contributed by atoms with van der Waals surface area (Å²) in [5, 5.41) is 0.580. The number of hydrogen-bond donors (Lipinski definition) is 0. The largest absolute Gasteiger partial charge is 0.490 e. The molecule has 0 radical (unpaired) electrons. The van der Waals surface area contributed by atoms with Gasteiger partial charge in [0.15, 0.2) is 10.8 Å². The number of aryl methyl sites for hydroxylation is 1. The Morgan fingerprint density at radius 3 is 2.50 bits per heavy atom. The van der Waals surface area contributed by atoms with Crippen LogP contribution in [0.15, 0.2) is 42.5 Å². The highest BCUT2D eigenvalue weighted by molar-refractivity contribution is 7.80. The quantitative estimate of drug-likeness (QED) is 0.247. The third-order valence-corrected chi connectivity index (χ3v) is 7.84. The van der Waals surface area contributed by atoms with Crippen molar-refractivity contribution in [2.24, 2.45) is 5.92 Å². The second kappa shape index (κ2) is 13.2. The molecule has 0 N–H and O–H groups in total. The van der Waals surface area contributed by atoms with Crippen LogP contribution in [-0.4, -0.2) is 42.5 Å². The minimum absolute atomic E-state index is 0.190. The molecule has 184 valence electrons. The van der Waals surface area contributed by atoms with Crippen molar-refractivity contribution in [2.75, 3.05) is 20.7 Å². The van der Waals surface area contributed by atoms with Crippen LogP contribution in [0.2, 0.25) is 0 Å². The molecule has 0 spiro atoms. The number of hydrogen-bond acceptors (Lipinski definition) is 4. The van der Waals surface area contributed by atoms with Gasteiger partial charge >= 0.3 is 0 Å². The number of Topliss-reactive ketones (excluding diaryl/α,β-unsaturated/α-hetero) is 1. The Morgan fingerprint density at radius 1 is 1.09 bits per heavy atom. The van der Waals surface area contributed by atoms with Gasteiger partial charge in [0, 0.05) is 31.0 Å². The number of rotatable bonds is 11. The van der Waals surface area contributed by atoms with Crippen LogP contribution in [0.25, 0.3) is 11.1 Å². The predicted octanol–water partition coefficient (Wildman–Crippen LogP) is 7.43. The van der Waals surface area contributed by atoms with Crippen molar-refractivity contribution in [3.05, 3.63) is 59.2 Å². The molecule has 0 heterocycles. The molecule has 3 nitrogen and oxygen atoms in total. The average Bonchev–Trinajstić information content (AvgIpc) is 2.87. The fourth-order valence-electron chi connectivity index (χ4n) is 5.15. The third kappa shape index (κ3) is 7.23. The SMILES string of the molecule is CCC(CC(=O)c1ccc(CCN(C)C2CCCCC2)cc1-c1ccccc1C)CC(=S)OC. The molecule has 1 fully saturated rings. The molecule has 0 amide bonds. The number of methoxy groups -OCH3 is 1. The number of carbonyl (C=O) groups is 1. The number of nitrogens with zero attached hydrogens (tertiary/aromatic N) is 1. The van der Waals surface area contributed by atoms with Crippen LogP contribution < -0.4 is 0 Å². The molecule has 2 aromatic rings. The molecule has 0 bridgehead atoms. The second-order valence-electron chi connectivity index (χ2n) is 9.90. The monoisotopic (exact) mass is 479 g/mol. The highest BCUT2D eigenvalue weighted by atomic mass is 32.1. The van der Waals surface area contributed by atoms with Crippen LogP contribution in [0.3, 0.4) is 0 Å². The maximum Gasteiger partial charge on any atom is 0.163 e. The van der Waals surface area contributed by atoms with E-state index in [1.807, 2.05) is 0 Å². The first kappa shape index (κ1) is 26.6. The van der Waals surface area contributed by atoms with Gasteiger partial charge in [-0.25, -0.2) is 0 Å². The van der Waals surface area contributed by atoms with Crippen LogP contribution in [0.4, 0.5) is 0 Å². The molecule has 0 aromatic heterocycles. The van der Waals surface area contributed by atoms with Gasteiger partial charge in [0.2, 0.25) is 0 Å². The first-order valence-corrected chi connectivity index (χ1v) is 13.3. The number of thiocarbonyl (C=S) groups is 1. The summed E-state index contributed by atoms with van der Waals surface area (Å²) in [7, 11) is 3.88. The van der Waals surface area contributed by atoms with E-state index in [2.05, 4.69) is 68.3 Å². The van der Waals surface area contributed by atoms with Gasteiger partial charge in [-0.1, -0.05) is 75.1 Å². The highest BCUT2D eigenvalue weighted by Gasteiger charge is 2.21. The van der Waals surface area contributed by atoms with E-state index in [4.69, 9.17) is 17.0 Å². The number of benzene rings is 2. The van der Waals surface area contributed by atoms with Gasteiger partial charge in [0.25, 0.3) is 0 Å². The molecule has 1 saturated carbocycles. The van der Waals surface area contributed by atoms with Crippen molar-refractivity contribution in [2.45, 2.75) is 77.7 Å². The number of ketones is 1. The zero-order valence-electron chi connectivity index (χ0n) is 21.4. The summed E-state index contributed by atoms with van der Waals surface area (Å²) in [5.41, 5.74) is 5.52. The van der Waals surface area contributed by atoms with Crippen LogP contribution in [0, 0.1) is 12.8 Å². The van der Waals surface area contributed by atoms with Gasteiger partial charge < -0.3 is 9.64 Å². The Balaban J connectivity index is 1.82. The minimum Gasteiger partial charge on any atom is -0.490 e. The maximum absolute atomic E-state index is 13.5. The molecule has 3 rings (SSSR count). The van der Waals surface area contributed by atoms with Crippen molar-refractivity contribution in [3.8, 4) is 11.1 Å². The van der Waals surface area contributed by atoms with E-state index in [0.29, 0.717) is 17.9 Å². The summed E-state index contributed by atoms with van der Waals surface area (Å²) in [6, 6.07) is 15.6. The Labute approximate surface area is 211 Å². The predicted molar refractivity (Wildman–Crippen MR) is 147 cm³/mol. The normalized spacial score (nSPS) is 15.3. The lowest BCUT2D eigenvalue weighted by atomic mass is 9.87. The average molecular weight is 480 g/mol. The first-order chi connectivity index (χ1) is 16.4. The van der Waals surface area contributed by atoms with Crippen molar-refractivity contribution in [3.63, 3.8) is 0 Å². The topological polar surface area (TPSA) is 29.5 Å². The lowest BCUT2D eigenvalue weighted by molar-refractivity contribution is 0.0961. The number of likely N-dealkylation sites (N-methyl/N-ethyl adjacent to an activating group) is 1. The lowest BCUT2D eigenvalue weighted by Gasteiger charge is -2.31. The molecule has 34 heavy (non-hydrogen) atoms. The molecule has 2 aromatic carbocycles. The summed E-state index contributed by atoms with van der Waals surface area (Å²) >= 11 is 5.26. The summed E-state index contributed by atoms with van der Waals surface area (Å²) in [4.78, 5) is 16.0. The van der Waals surface area contributed by atoms with Crippen molar-refractivity contribution in [1.82, 2.24) is 4.90 Å². The van der Waals surface area contributed by atoms with Gasteiger partial charge in [-0.15, -0.1) is 0 Å². The summed E-state index contributed by atoms with van der Waals surface area (Å²) in [6.07, 6.45) is 9.79. The smallest absolute Gasteiger partial charge is 0.163 e. The van der Waals surface area contributed by atoms with E-state index in [1.54, 1.807) is 7.11 Å². The van der Waals surface area contributed by atoms with E-state index in [0.717, 1.165) is 42.1 Å². The standard InChI is InChI=1S/C30H41NO2S/c1-5-23(21-30(34)33-4)20-29(32)27-16-15-24(17-18-31(3)25-12-7-6-8-13-25)19-28(27)26-14-10-9-11-22(26)2/h9-11,14-16,19,23,25H,5-8,12-13,17-18,20-21H2,1-4H3. The van der Waals surface area contributed by atoms with Crippen LogP contribution >= 0.6 is 12.2 Å². The van der Waals surface area contributed by atoms with Crippen LogP contribution in [0.5, 0.6) is 0 Å². The van der Waals surface area contributed by atoms with E-state index < -0.39 is 0 Å². The Kier molecular flexibility index (Phi) is 10.3. The van der Waals surface area contributed by atoms with Crippen LogP contribution in [-0.2, 0) is 11.2 Å². The Hall–Kier alpha value is -2.04. The number of ether oxygens (including phenoxy) is 1. The summed E-state index contributed by atoms with van der Waals surface area (Å²) in [6.45, 7) is 5.29. The molecule has 0 saturated heterocycles. The van der Waals surface area contributed by atoms with Crippen molar-refractivity contribution in [1.29, 1.82) is 0 Å². The van der Waals surface area contributed by atoms with Gasteiger partial charge in [-0.05, 0) is 73.6 Å². The van der Waals surface area contributed by atoms with Crippen LogP contribution in [0.1, 0.15) is 79.8 Å². The molecular weight excluding hydrogens is 438 g/mol. The molecule has 4 heteroatoms. The minimum atomic E-state index is 0.190. The van der Waals surface area contributed by atoms with Gasteiger partial charge in [0.05, 0.1) is 7.11 Å². The highest BCUT2D eigenvalue weighted by Crippen LogP contribution is 2.31. The van der Waals surface area contributed by atoms with Gasteiger partial charge in [-0.2, -0.15) is 0 Å². The molecule has 1 atom stereocenters. The van der Waals surface area contributed by atoms with E-state index in [9.17, 15) is 4.79 Å². The summed E-state index contributed by atoms with van der Waals surface area (Å²) < 4.78 is 5.20. The molecule has 1 aliphatic rings. The van der Waals surface area contributed by atoms with E-state index in [-0.39, 0.29) is 11.7 Å². The zero-order valence-corrected chi connectivity index (χ0v) is 22.3. The Bertz CT molecular complexity index is 964. The Morgan fingerprint density at radius 2 is 1.82 bits per heavy atom. The third-order valence-electron chi connectivity index (χ3n) is 7.51. The zero-order chi connectivity index (χ0) is 24.5. The first-order valence-electron chi connectivity index (χ1n) is 12.9. The molecule has 0 aliphatic heterocycles. The van der Waals surface area contributed by atoms with Crippen molar-refractivity contribution >= 4 is 23.1 Å². The fourth-order valence-corrected chi connectivity index (χ4v) is 5.39. The molecule has 1 aliphatic carbocycles. The van der Waals surface area contributed by atoms with E-state index in [1.165, 1.54) is 43.2 Å². The molecule has 1 unspecified atom stereocenters. The second-order valence-corrected chi connectivity index (χ2v) is 10.4. The molecular formula is C30H41NO2S. The van der Waals surface area contributed by atoms with Crippen molar-refractivity contribution < 1.29 is 9.53 Å². The summed E-state index contributed by atoms with van der Waals surface area (Å²) in [5.74, 6) is 0.392. The number of carbonyl (C=O) groups excluding carboxylic acids is 1. The van der Waals surface area contributed by atoms with Gasteiger partial charge in [-0.3, -0.25) is 4.79 Å².